The normalized spacial score (nSPS) is 10.1. The molecule has 0 aliphatic rings. The van der Waals surface area contributed by atoms with Crippen LogP contribution in [0.2, 0.25) is 5.15 Å². The smallest absolute Gasteiger partial charge is 0.133 e. The molecular formula is C10H6ClIN2. The summed E-state index contributed by atoms with van der Waals surface area (Å²) in [5.41, 5.74) is 1.91. The average molecular weight is 317 g/mol. The first-order chi connectivity index (χ1) is 6.75. The highest BCUT2D eigenvalue weighted by Gasteiger charge is 2.00. The van der Waals surface area contributed by atoms with E-state index in [9.17, 15) is 0 Å². The van der Waals surface area contributed by atoms with E-state index < -0.39 is 0 Å². The van der Waals surface area contributed by atoms with Crippen LogP contribution in [0.15, 0.2) is 36.7 Å². The van der Waals surface area contributed by atoms with E-state index in [4.69, 9.17) is 11.6 Å². The number of hydrogen-bond donors (Lipinski definition) is 0. The summed E-state index contributed by atoms with van der Waals surface area (Å²) in [6.45, 7) is 0. The van der Waals surface area contributed by atoms with Gasteiger partial charge in [-0.15, -0.1) is 0 Å². The van der Waals surface area contributed by atoms with Crippen molar-refractivity contribution in [1.82, 2.24) is 9.97 Å². The molecule has 0 N–H and O–H groups in total. The Balaban J connectivity index is 2.49. The molecule has 0 aliphatic heterocycles. The first kappa shape index (κ1) is 9.86. The van der Waals surface area contributed by atoms with Crippen molar-refractivity contribution in [2.45, 2.75) is 0 Å². The largest absolute Gasteiger partial charge is 0.236 e. The molecule has 0 atom stereocenters. The van der Waals surface area contributed by atoms with E-state index >= 15 is 0 Å². The molecule has 0 saturated carbocycles. The summed E-state index contributed by atoms with van der Waals surface area (Å²) >= 11 is 8.05. The average Bonchev–Trinajstić information content (AvgIpc) is 2.18. The fraction of sp³-hybridized carbons (Fsp3) is 0. The molecular weight excluding hydrogens is 310 g/mol. The molecule has 0 saturated heterocycles. The standard InChI is InChI=1S/C10H6ClIN2/c11-10-5-9(13-6-14-10)7-2-1-3-8(12)4-7/h1-6H. The maximum atomic E-state index is 5.78. The lowest BCUT2D eigenvalue weighted by Gasteiger charge is -2.00. The van der Waals surface area contributed by atoms with Gasteiger partial charge in [-0.3, -0.25) is 0 Å². The highest BCUT2D eigenvalue weighted by molar-refractivity contribution is 14.1. The number of benzene rings is 1. The molecule has 0 unspecified atom stereocenters. The van der Waals surface area contributed by atoms with E-state index in [2.05, 4.69) is 38.6 Å². The van der Waals surface area contributed by atoms with E-state index in [1.165, 1.54) is 9.90 Å². The summed E-state index contributed by atoms with van der Waals surface area (Å²) in [6, 6.07) is 9.84. The van der Waals surface area contributed by atoms with Crippen molar-refractivity contribution in [2.24, 2.45) is 0 Å². The Kier molecular flexibility index (Phi) is 2.98. The molecule has 1 aromatic carbocycles. The molecule has 0 bridgehead atoms. The summed E-state index contributed by atoms with van der Waals surface area (Å²) in [6.07, 6.45) is 1.47. The number of hydrogen-bond acceptors (Lipinski definition) is 2. The molecule has 14 heavy (non-hydrogen) atoms. The van der Waals surface area contributed by atoms with Crippen LogP contribution in [0.1, 0.15) is 0 Å². The molecule has 0 amide bonds. The van der Waals surface area contributed by atoms with E-state index in [1.807, 2.05) is 18.2 Å². The topological polar surface area (TPSA) is 25.8 Å². The zero-order valence-corrected chi connectivity index (χ0v) is 10.0. The van der Waals surface area contributed by atoms with Gasteiger partial charge < -0.3 is 0 Å². The summed E-state index contributed by atoms with van der Waals surface area (Å²) in [4.78, 5) is 7.99. The van der Waals surface area contributed by atoms with Crippen LogP contribution in [0.4, 0.5) is 0 Å². The predicted octanol–water partition coefficient (Wildman–Crippen LogP) is 3.40. The van der Waals surface area contributed by atoms with Gasteiger partial charge in [0.1, 0.15) is 11.5 Å². The fourth-order valence-electron chi connectivity index (χ4n) is 1.14. The second-order valence-electron chi connectivity index (χ2n) is 2.74. The fourth-order valence-corrected chi connectivity index (χ4v) is 1.83. The van der Waals surface area contributed by atoms with E-state index in [-0.39, 0.29) is 0 Å². The first-order valence-corrected chi connectivity index (χ1v) is 5.45. The third kappa shape index (κ3) is 2.22. The van der Waals surface area contributed by atoms with Crippen molar-refractivity contribution in [3.05, 3.63) is 45.4 Å². The lowest BCUT2D eigenvalue weighted by atomic mass is 10.1. The molecule has 4 heteroatoms. The number of halogens is 2. The highest BCUT2D eigenvalue weighted by atomic mass is 127. The van der Waals surface area contributed by atoms with Crippen LogP contribution in [-0.2, 0) is 0 Å². The molecule has 2 rings (SSSR count). The van der Waals surface area contributed by atoms with Gasteiger partial charge in [-0.1, -0.05) is 23.7 Å². The second-order valence-corrected chi connectivity index (χ2v) is 4.37. The van der Waals surface area contributed by atoms with Crippen LogP contribution in [0.5, 0.6) is 0 Å². The van der Waals surface area contributed by atoms with Gasteiger partial charge in [0.15, 0.2) is 0 Å². The van der Waals surface area contributed by atoms with E-state index in [0.717, 1.165) is 11.3 Å². The van der Waals surface area contributed by atoms with Crippen LogP contribution in [0, 0.1) is 3.57 Å². The van der Waals surface area contributed by atoms with E-state index in [1.54, 1.807) is 6.07 Å². The lowest BCUT2D eigenvalue weighted by Crippen LogP contribution is -1.85. The molecule has 1 heterocycles. The minimum absolute atomic E-state index is 0.467. The first-order valence-electron chi connectivity index (χ1n) is 3.99. The van der Waals surface area contributed by atoms with Gasteiger partial charge in [-0.25, -0.2) is 9.97 Å². The molecule has 0 spiro atoms. The van der Waals surface area contributed by atoms with Crippen molar-refractivity contribution in [1.29, 1.82) is 0 Å². The summed E-state index contributed by atoms with van der Waals surface area (Å²) < 4.78 is 1.18. The Hall–Kier alpha value is -0.680. The van der Waals surface area contributed by atoms with E-state index in [0.29, 0.717) is 5.15 Å². The minimum Gasteiger partial charge on any atom is -0.236 e. The van der Waals surface area contributed by atoms with Crippen LogP contribution < -0.4 is 0 Å². The van der Waals surface area contributed by atoms with Gasteiger partial charge in [0, 0.05) is 15.2 Å². The third-order valence-electron chi connectivity index (χ3n) is 1.75. The van der Waals surface area contributed by atoms with Crippen molar-refractivity contribution >= 4 is 34.2 Å². The van der Waals surface area contributed by atoms with Crippen molar-refractivity contribution in [3.8, 4) is 11.3 Å². The van der Waals surface area contributed by atoms with Crippen LogP contribution in [0.3, 0.4) is 0 Å². The van der Waals surface area contributed by atoms with Crippen LogP contribution >= 0.6 is 34.2 Å². The van der Waals surface area contributed by atoms with Gasteiger partial charge in [0.2, 0.25) is 0 Å². The number of rotatable bonds is 1. The van der Waals surface area contributed by atoms with Crippen LogP contribution in [-0.4, -0.2) is 9.97 Å². The molecule has 0 radical (unpaired) electrons. The number of nitrogens with zero attached hydrogens (tertiary/aromatic N) is 2. The van der Waals surface area contributed by atoms with Gasteiger partial charge in [-0.2, -0.15) is 0 Å². The van der Waals surface area contributed by atoms with Crippen molar-refractivity contribution < 1.29 is 0 Å². The molecule has 0 fully saturated rings. The summed E-state index contributed by atoms with van der Waals surface area (Å²) in [7, 11) is 0. The predicted molar refractivity (Wildman–Crippen MR) is 65.2 cm³/mol. The monoisotopic (exact) mass is 316 g/mol. The Bertz CT molecular complexity index is 416. The van der Waals surface area contributed by atoms with Crippen molar-refractivity contribution in [2.75, 3.05) is 0 Å². The molecule has 0 aliphatic carbocycles. The van der Waals surface area contributed by atoms with Crippen LogP contribution in [0.25, 0.3) is 11.3 Å². The van der Waals surface area contributed by atoms with Gasteiger partial charge >= 0.3 is 0 Å². The van der Waals surface area contributed by atoms with Gasteiger partial charge in [0.25, 0.3) is 0 Å². The Morgan fingerprint density at radius 1 is 1.14 bits per heavy atom. The molecule has 2 aromatic rings. The quantitative estimate of drug-likeness (QED) is 0.595. The maximum absolute atomic E-state index is 5.78. The highest BCUT2D eigenvalue weighted by Crippen LogP contribution is 2.20. The summed E-state index contributed by atoms with van der Waals surface area (Å²) in [5.74, 6) is 0. The molecule has 2 nitrogen and oxygen atoms in total. The zero-order valence-electron chi connectivity index (χ0n) is 7.11. The summed E-state index contributed by atoms with van der Waals surface area (Å²) in [5, 5.41) is 0.467. The van der Waals surface area contributed by atoms with Gasteiger partial charge in [0.05, 0.1) is 5.69 Å². The zero-order chi connectivity index (χ0) is 9.97. The lowest BCUT2D eigenvalue weighted by molar-refractivity contribution is 1.17. The Morgan fingerprint density at radius 2 is 2.00 bits per heavy atom. The number of aromatic nitrogens is 2. The minimum atomic E-state index is 0.467. The second kappa shape index (κ2) is 4.23. The molecule has 70 valence electrons. The Morgan fingerprint density at radius 3 is 2.71 bits per heavy atom. The molecule has 1 aromatic heterocycles. The van der Waals surface area contributed by atoms with Gasteiger partial charge in [-0.05, 0) is 34.7 Å². The third-order valence-corrected chi connectivity index (χ3v) is 2.63. The SMILES string of the molecule is Clc1cc(-c2cccc(I)c2)ncn1. The maximum Gasteiger partial charge on any atom is 0.133 e. The Labute approximate surface area is 100 Å². The van der Waals surface area contributed by atoms with Crippen molar-refractivity contribution in [3.63, 3.8) is 0 Å².